The first-order chi connectivity index (χ1) is 14.3. The fourth-order valence-corrected chi connectivity index (χ4v) is 4.04. The highest BCUT2D eigenvalue weighted by molar-refractivity contribution is 7.99. The summed E-state index contributed by atoms with van der Waals surface area (Å²) >= 11 is 1.72. The van der Waals surface area contributed by atoms with E-state index in [1.165, 1.54) is 10.5 Å². The summed E-state index contributed by atoms with van der Waals surface area (Å²) in [5.41, 5.74) is 3.26. The van der Waals surface area contributed by atoms with Crippen molar-refractivity contribution in [2.45, 2.75) is 16.3 Å². The standard InChI is InChI=1S/C25H22N2OS/c1-26-18-19-14-15-27-24(16-19)23-13-12-21(28-20-8-4-2-5-9-20)17-25(23)29-22-10-6-3-7-11-22/h2-17,26H,18H2,1H3. The van der Waals surface area contributed by atoms with Crippen molar-refractivity contribution in [2.75, 3.05) is 7.05 Å². The number of nitrogens with one attached hydrogen (secondary N) is 1. The molecule has 1 aromatic heterocycles. The second-order valence-electron chi connectivity index (χ2n) is 6.57. The van der Waals surface area contributed by atoms with Crippen molar-refractivity contribution in [2.24, 2.45) is 0 Å². The van der Waals surface area contributed by atoms with Crippen molar-refractivity contribution in [3.8, 4) is 22.8 Å². The van der Waals surface area contributed by atoms with Crippen LogP contribution in [0.2, 0.25) is 0 Å². The summed E-state index contributed by atoms with van der Waals surface area (Å²) < 4.78 is 6.07. The van der Waals surface area contributed by atoms with Gasteiger partial charge >= 0.3 is 0 Å². The highest BCUT2D eigenvalue weighted by Gasteiger charge is 2.11. The van der Waals surface area contributed by atoms with E-state index < -0.39 is 0 Å². The summed E-state index contributed by atoms with van der Waals surface area (Å²) in [5, 5.41) is 3.20. The van der Waals surface area contributed by atoms with Crippen LogP contribution in [-0.4, -0.2) is 12.0 Å². The number of benzene rings is 3. The van der Waals surface area contributed by atoms with Crippen LogP contribution in [0, 0.1) is 0 Å². The molecular formula is C25H22N2OS. The maximum absolute atomic E-state index is 6.07. The summed E-state index contributed by atoms with van der Waals surface area (Å²) in [5.74, 6) is 1.63. The zero-order valence-corrected chi connectivity index (χ0v) is 17.0. The maximum atomic E-state index is 6.07. The summed E-state index contributed by atoms with van der Waals surface area (Å²) in [4.78, 5) is 6.91. The summed E-state index contributed by atoms with van der Waals surface area (Å²) in [6.45, 7) is 0.811. The topological polar surface area (TPSA) is 34.2 Å². The van der Waals surface area contributed by atoms with Crippen LogP contribution in [0.15, 0.2) is 107 Å². The molecule has 0 bridgehead atoms. The third-order valence-corrected chi connectivity index (χ3v) is 5.45. The van der Waals surface area contributed by atoms with Crippen LogP contribution in [-0.2, 0) is 6.54 Å². The minimum Gasteiger partial charge on any atom is -0.457 e. The van der Waals surface area contributed by atoms with Gasteiger partial charge in [0.15, 0.2) is 0 Å². The van der Waals surface area contributed by atoms with E-state index in [1.807, 2.05) is 61.8 Å². The van der Waals surface area contributed by atoms with E-state index in [4.69, 9.17) is 4.74 Å². The van der Waals surface area contributed by atoms with Gasteiger partial charge in [0, 0.05) is 28.1 Å². The van der Waals surface area contributed by atoms with Gasteiger partial charge in [0.1, 0.15) is 11.5 Å². The van der Waals surface area contributed by atoms with Gasteiger partial charge in [0.2, 0.25) is 0 Å². The molecule has 29 heavy (non-hydrogen) atoms. The molecule has 0 atom stereocenters. The lowest BCUT2D eigenvalue weighted by atomic mass is 10.1. The molecule has 0 saturated heterocycles. The van der Waals surface area contributed by atoms with E-state index in [2.05, 4.69) is 52.8 Å². The second kappa shape index (κ2) is 9.41. The Morgan fingerprint density at radius 2 is 1.59 bits per heavy atom. The lowest BCUT2D eigenvalue weighted by Crippen LogP contribution is -2.05. The zero-order valence-electron chi connectivity index (χ0n) is 16.2. The summed E-state index contributed by atoms with van der Waals surface area (Å²) in [6, 6.07) is 30.6. The van der Waals surface area contributed by atoms with Gasteiger partial charge in [-0.3, -0.25) is 4.98 Å². The molecule has 0 amide bonds. The number of hydrogen-bond acceptors (Lipinski definition) is 4. The van der Waals surface area contributed by atoms with E-state index in [1.54, 1.807) is 11.8 Å². The molecule has 0 aliphatic heterocycles. The fourth-order valence-electron chi connectivity index (χ4n) is 3.04. The molecular weight excluding hydrogens is 376 g/mol. The molecule has 1 heterocycles. The van der Waals surface area contributed by atoms with Crippen molar-refractivity contribution in [1.29, 1.82) is 0 Å². The van der Waals surface area contributed by atoms with Gasteiger partial charge in [-0.2, -0.15) is 0 Å². The molecule has 4 rings (SSSR count). The molecule has 0 aliphatic carbocycles. The quantitative estimate of drug-likeness (QED) is 0.390. The van der Waals surface area contributed by atoms with Crippen LogP contribution in [0.5, 0.6) is 11.5 Å². The minimum absolute atomic E-state index is 0.810. The number of aromatic nitrogens is 1. The molecule has 4 heteroatoms. The van der Waals surface area contributed by atoms with Crippen molar-refractivity contribution in [3.63, 3.8) is 0 Å². The first-order valence-electron chi connectivity index (χ1n) is 9.51. The predicted molar refractivity (Wildman–Crippen MR) is 120 cm³/mol. The minimum atomic E-state index is 0.810. The molecule has 0 spiro atoms. The average molecular weight is 399 g/mol. The first kappa shape index (κ1) is 19.2. The molecule has 0 fully saturated rings. The lowest BCUT2D eigenvalue weighted by molar-refractivity contribution is 0.481. The number of nitrogens with zero attached hydrogens (tertiary/aromatic N) is 1. The molecule has 0 radical (unpaired) electrons. The van der Waals surface area contributed by atoms with Gasteiger partial charge in [-0.05, 0) is 67.2 Å². The van der Waals surface area contributed by atoms with Crippen LogP contribution >= 0.6 is 11.8 Å². The van der Waals surface area contributed by atoms with E-state index in [-0.39, 0.29) is 0 Å². The Balaban J connectivity index is 1.72. The number of rotatable bonds is 7. The third kappa shape index (κ3) is 5.05. The van der Waals surface area contributed by atoms with Gasteiger partial charge in [-0.15, -0.1) is 0 Å². The molecule has 3 aromatic carbocycles. The highest BCUT2D eigenvalue weighted by Crippen LogP contribution is 2.38. The van der Waals surface area contributed by atoms with Gasteiger partial charge < -0.3 is 10.1 Å². The second-order valence-corrected chi connectivity index (χ2v) is 7.68. The van der Waals surface area contributed by atoms with E-state index in [0.717, 1.165) is 34.2 Å². The number of para-hydroxylation sites is 1. The van der Waals surface area contributed by atoms with Crippen molar-refractivity contribution in [3.05, 3.63) is 103 Å². The van der Waals surface area contributed by atoms with E-state index in [0.29, 0.717) is 0 Å². The molecule has 1 N–H and O–H groups in total. The maximum Gasteiger partial charge on any atom is 0.128 e. The molecule has 0 saturated carbocycles. The molecule has 3 nitrogen and oxygen atoms in total. The summed E-state index contributed by atoms with van der Waals surface area (Å²) in [6.07, 6.45) is 1.87. The molecule has 0 unspecified atom stereocenters. The predicted octanol–water partition coefficient (Wildman–Crippen LogP) is 6.41. The lowest BCUT2D eigenvalue weighted by Gasteiger charge is -2.13. The number of hydrogen-bond donors (Lipinski definition) is 1. The van der Waals surface area contributed by atoms with Crippen molar-refractivity contribution < 1.29 is 4.74 Å². The highest BCUT2D eigenvalue weighted by atomic mass is 32.2. The van der Waals surface area contributed by atoms with Crippen LogP contribution < -0.4 is 10.1 Å². The monoisotopic (exact) mass is 398 g/mol. The van der Waals surface area contributed by atoms with E-state index >= 15 is 0 Å². The molecule has 4 aromatic rings. The smallest absolute Gasteiger partial charge is 0.128 e. The largest absolute Gasteiger partial charge is 0.457 e. The molecule has 144 valence electrons. The normalized spacial score (nSPS) is 10.7. The Bertz CT molecular complexity index is 1070. The molecule has 0 aliphatic rings. The summed E-state index contributed by atoms with van der Waals surface area (Å²) in [7, 11) is 1.95. The van der Waals surface area contributed by atoms with Crippen LogP contribution in [0.1, 0.15) is 5.56 Å². The Hall–Kier alpha value is -3.08. The Labute approximate surface area is 175 Å². The number of ether oxygens (including phenoxy) is 1. The van der Waals surface area contributed by atoms with Crippen LogP contribution in [0.4, 0.5) is 0 Å². The van der Waals surface area contributed by atoms with Gasteiger partial charge in [0.25, 0.3) is 0 Å². The van der Waals surface area contributed by atoms with Crippen molar-refractivity contribution in [1.82, 2.24) is 10.3 Å². The Kier molecular flexibility index (Phi) is 6.25. The van der Waals surface area contributed by atoms with Crippen LogP contribution in [0.25, 0.3) is 11.3 Å². The SMILES string of the molecule is CNCc1ccnc(-c2ccc(Oc3ccccc3)cc2Sc2ccccc2)c1. The Morgan fingerprint density at radius 1 is 0.828 bits per heavy atom. The van der Waals surface area contributed by atoms with Gasteiger partial charge in [0.05, 0.1) is 5.69 Å². The Morgan fingerprint density at radius 3 is 2.34 bits per heavy atom. The van der Waals surface area contributed by atoms with Crippen molar-refractivity contribution >= 4 is 11.8 Å². The van der Waals surface area contributed by atoms with Crippen LogP contribution in [0.3, 0.4) is 0 Å². The van der Waals surface area contributed by atoms with Gasteiger partial charge in [-0.25, -0.2) is 0 Å². The fraction of sp³-hybridized carbons (Fsp3) is 0.0800. The number of pyridine rings is 1. The van der Waals surface area contributed by atoms with E-state index in [9.17, 15) is 0 Å². The zero-order chi connectivity index (χ0) is 19.9. The average Bonchev–Trinajstić information content (AvgIpc) is 2.76. The third-order valence-electron chi connectivity index (χ3n) is 4.38. The van der Waals surface area contributed by atoms with Gasteiger partial charge in [-0.1, -0.05) is 48.2 Å². The first-order valence-corrected chi connectivity index (χ1v) is 10.3.